The second-order valence-electron chi connectivity index (χ2n) is 6.47. The number of likely N-dealkylation sites (N-methyl/N-ethyl adjacent to an activating group) is 1. The monoisotopic (exact) mass is 436 g/mol. The van der Waals surface area contributed by atoms with Gasteiger partial charge in [0.15, 0.2) is 0 Å². The lowest BCUT2D eigenvalue weighted by atomic mass is 10.1. The number of ether oxygens (including phenoxy) is 3. The van der Waals surface area contributed by atoms with E-state index in [1.54, 1.807) is 17.0 Å². The number of aryl methyl sites for hydroxylation is 1. The summed E-state index contributed by atoms with van der Waals surface area (Å²) in [6, 6.07) is 14.8. The molecule has 8 heteroatoms. The lowest BCUT2D eigenvalue weighted by Crippen LogP contribution is -2.39. The maximum Gasteiger partial charge on any atom is 0.410 e. The Morgan fingerprint density at radius 1 is 1.07 bits per heavy atom. The van der Waals surface area contributed by atoms with Crippen molar-refractivity contribution in [2.45, 2.75) is 13.5 Å². The summed E-state index contributed by atoms with van der Waals surface area (Å²) < 4.78 is 16.0. The molecule has 0 fully saturated rings. The van der Waals surface area contributed by atoms with Crippen molar-refractivity contribution >= 4 is 24.5 Å². The first-order valence-electron chi connectivity index (χ1n) is 9.47. The first-order valence-corrected chi connectivity index (χ1v) is 9.47. The number of methoxy groups -OCH3 is 1. The zero-order chi connectivity index (χ0) is 21.1. The van der Waals surface area contributed by atoms with Crippen molar-refractivity contribution in [1.82, 2.24) is 10.2 Å². The van der Waals surface area contributed by atoms with E-state index in [1.165, 1.54) is 7.11 Å². The minimum atomic E-state index is -0.460. The number of halogens is 1. The largest absolute Gasteiger partial charge is 0.491 e. The molecule has 0 unspecified atom stereocenters. The van der Waals surface area contributed by atoms with E-state index in [9.17, 15) is 9.59 Å². The number of rotatable bonds is 10. The fourth-order valence-electron chi connectivity index (χ4n) is 2.66. The van der Waals surface area contributed by atoms with Crippen LogP contribution in [0.15, 0.2) is 48.5 Å². The summed E-state index contributed by atoms with van der Waals surface area (Å²) in [5.41, 5.74) is 2.21. The van der Waals surface area contributed by atoms with Gasteiger partial charge in [-0.1, -0.05) is 42.0 Å². The van der Waals surface area contributed by atoms with Gasteiger partial charge in [-0.3, -0.25) is 0 Å². The Kier molecular flexibility index (Phi) is 11.3. The quantitative estimate of drug-likeness (QED) is 0.575. The highest BCUT2D eigenvalue weighted by Crippen LogP contribution is 2.21. The molecule has 0 aliphatic carbocycles. The van der Waals surface area contributed by atoms with Gasteiger partial charge in [0.25, 0.3) is 0 Å². The molecule has 164 valence electrons. The van der Waals surface area contributed by atoms with E-state index in [0.717, 1.165) is 11.1 Å². The first-order chi connectivity index (χ1) is 14.0. The number of benzene rings is 2. The molecule has 2 aromatic carbocycles. The predicted octanol–water partition coefficient (Wildman–Crippen LogP) is 3.44. The van der Waals surface area contributed by atoms with Crippen LogP contribution in [-0.4, -0.2) is 57.4 Å². The highest BCUT2D eigenvalue weighted by atomic mass is 35.5. The molecule has 1 N–H and O–H groups in total. The molecule has 1 amide bonds. The van der Waals surface area contributed by atoms with E-state index in [0.29, 0.717) is 30.9 Å². The van der Waals surface area contributed by atoms with Crippen LogP contribution in [0.25, 0.3) is 0 Å². The lowest BCUT2D eigenvalue weighted by Gasteiger charge is -2.22. The van der Waals surface area contributed by atoms with Crippen molar-refractivity contribution in [3.05, 3.63) is 65.2 Å². The van der Waals surface area contributed by atoms with Crippen LogP contribution in [0.5, 0.6) is 5.75 Å². The maximum atomic E-state index is 12.5. The SMILES string of the molecule is CNCCN(CCOc1ccc(C)cc1C(=O)OC)C(=O)OCc1ccccc1.Cl. The standard InChI is InChI=1S/C22H28N2O5.ClH/c1-17-9-10-20(19(15-17)21(25)27-3)28-14-13-24(12-11-23-2)22(26)29-16-18-7-5-4-6-8-18;/h4-10,15,23H,11-14,16H2,1-3H3;1H. The number of esters is 1. The number of carbonyl (C=O) groups excluding carboxylic acids is 2. The van der Waals surface area contributed by atoms with Gasteiger partial charge in [0.2, 0.25) is 0 Å². The summed E-state index contributed by atoms with van der Waals surface area (Å²) in [4.78, 5) is 26.0. The Labute approximate surface area is 183 Å². The van der Waals surface area contributed by atoms with E-state index >= 15 is 0 Å². The molecule has 0 heterocycles. The van der Waals surface area contributed by atoms with Crippen molar-refractivity contribution in [1.29, 1.82) is 0 Å². The van der Waals surface area contributed by atoms with Crippen LogP contribution in [0.2, 0.25) is 0 Å². The van der Waals surface area contributed by atoms with Crippen molar-refractivity contribution < 1.29 is 23.8 Å². The van der Waals surface area contributed by atoms with E-state index in [4.69, 9.17) is 14.2 Å². The van der Waals surface area contributed by atoms with Crippen LogP contribution in [-0.2, 0) is 16.1 Å². The lowest BCUT2D eigenvalue weighted by molar-refractivity contribution is 0.0593. The van der Waals surface area contributed by atoms with Crippen LogP contribution in [0.1, 0.15) is 21.5 Å². The van der Waals surface area contributed by atoms with Crippen LogP contribution in [0.4, 0.5) is 4.79 Å². The van der Waals surface area contributed by atoms with Gasteiger partial charge in [-0.05, 0) is 31.7 Å². The molecule has 30 heavy (non-hydrogen) atoms. The normalized spacial score (nSPS) is 9.97. The number of carbonyl (C=O) groups is 2. The minimum Gasteiger partial charge on any atom is -0.491 e. The second-order valence-corrected chi connectivity index (χ2v) is 6.47. The maximum absolute atomic E-state index is 12.5. The van der Waals surface area contributed by atoms with Gasteiger partial charge in [-0.25, -0.2) is 9.59 Å². The molecule has 0 aliphatic rings. The van der Waals surface area contributed by atoms with Crippen molar-refractivity contribution in [3.63, 3.8) is 0 Å². The fourth-order valence-corrected chi connectivity index (χ4v) is 2.66. The van der Waals surface area contributed by atoms with Gasteiger partial charge in [0, 0.05) is 13.1 Å². The predicted molar refractivity (Wildman–Crippen MR) is 117 cm³/mol. The molecule has 0 saturated carbocycles. The van der Waals surface area contributed by atoms with Gasteiger partial charge < -0.3 is 24.4 Å². The number of nitrogens with one attached hydrogen (secondary N) is 1. The summed E-state index contributed by atoms with van der Waals surface area (Å²) in [6.07, 6.45) is -0.412. The topological polar surface area (TPSA) is 77.1 Å². The van der Waals surface area contributed by atoms with Gasteiger partial charge in [0.05, 0.1) is 13.7 Å². The Morgan fingerprint density at radius 2 is 1.80 bits per heavy atom. The average Bonchev–Trinajstić information content (AvgIpc) is 2.75. The molecule has 7 nitrogen and oxygen atoms in total. The van der Waals surface area contributed by atoms with Crippen molar-refractivity contribution in [2.75, 3.05) is 40.4 Å². The van der Waals surface area contributed by atoms with Gasteiger partial charge in [-0.2, -0.15) is 0 Å². The van der Waals surface area contributed by atoms with E-state index in [1.807, 2.05) is 50.4 Å². The van der Waals surface area contributed by atoms with E-state index in [-0.39, 0.29) is 25.6 Å². The highest BCUT2D eigenvalue weighted by Gasteiger charge is 2.17. The molecule has 0 radical (unpaired) electrons. The third-order valence-corrected chi connectivity index (χ3v) is 4.25. The summed E-state index contributed by atoms with van der Waals surface area (Å²) in [5, 5.41) is 3.02. The number of hydrogen-bond donors (Lipinski definition) is 1. The third-order valence-electron chi connectivity index (χ3n) is 4.25. The fraction of sp³-hybridized carbons (Fsp3) is 0.364. The smallest absolute Gasteiger partial charge is 0.410 e. The number of amides is 1. The van der Waals surface area contributed by atoms with Gasteiger partial charge in [0.1, 0.15) is 24.5 Å². The molecule has 2 rings (SSSR count). The minimum absolute atomic E-state index is 0. The number of nitrogens with zero attached hydrogens (tertiary/aromatic N) is 1. The average molecular weight is 437 g/mol. The molecule has 0 bridgehead atoms. The first kappa shape index (κ1) is 25.3. The van der Waals surface area contributed by atoms with Crippen molar-refractivity contribution in [3.8, 4) is 5.75 Å². The van der Waals surface area contributed by atoms with Crippen LogP contribution < -0.4 is 10.1 Å². The van der Waals surface area contributed by atoms with Gasteiger partial charge in [-0.15, -0.1) is 12.4 Å². The number of hydrogen-bond acceptors (Lipinski definition) is 6. The summed E-state index contributed by atoms with van der Waals surface area (Å²) in [5.74, 6) is -0.0355. The van der Waals surface area contributed by atoms with E-state index in [2.05, 4.69) is 5.32 Å². The highest BCUT2D eigenvalue weighted by molar-refractivity contribution is 5.92. The Morgan fingerprint density at radius 3 is 2.47 bits per heavy atom. The molecule has 0 atom stereocenters. The molecule has 0 spiro atoms. The van der Waals surface area contributed by atoms with Gasteiger partial charge >= 0.3 is 12.1 Å². The molecule has 2 aromatic rings. The van der Waals surface area contributed by atoms with Crippen LogP contribution in [0.3, 0.4) is 0 Å². The van der Waals surface area contributed by atoms with Crippen LogP contribution in [0, 0.1) is 6.92 Å². The van der Waals surface area contributed by atoms with Crippen molar-refractivity contribution in [2.24, 2.45) is 0 Å². The summed E-state index contributed by atoms with van der Waals surface area (Å²) in [7, 11) is 3.15. The second kappa shape index (κ2) is 13.5. The molecular weight excluding hydrogens is 408 g/mol. The Balaban J connectivity index is 0.00000450. The molecular formula is C22H29ClN2O5. The summed E-state index contributed by atoms with van der Waals surface area (Å²) in [6.45, 7) is 3.74. The van der Waals surface area contributed by atoms with E-state index < -0.39 is 12.1 Å². The molecule has 0 aliphatic heterocycles. The summed E-state index contributed by atoms with van der Waals surface area (Å²) >= 11 is 0. The molecule has 0 saturated heterocycles. The molecule has 0 aromatic heterocycles. The van der Waals surface area contributed by atoms with Crippen LogP contribution >= 0.6 is 12.4 Å². The Bertz CT molecular complexity index is 801. The Hall–Kier alpha value is -2.77. The zero-order valence-corrected chi connectivity index (χ0v) is 18.4. The zero-order valence-electron chi connectivity index (χ0n) is 17.6. The third kappa shape index (κ3) is 7.93.